The molecule has 0 fully saturated rings. The zero-order valence-corrected chi connectivity index (χ0v) is 10.7. The topological polar surface area (TPSA) is 26.3 Å². The van der Waals surface area contributed by atoms with Crippen LogP contribution in [0.15, 0.2) is 61.2 Å². The van der Waals surface area contributed by atoms with Gasteiger partial charge in [-0.25, -0.2) is 0 Å². The summed E-state index contributed by atoms with van der Waals surface area (Å²) in [5, 5.41) is 0. The quantitative estimate of drug-likeness (QED) is 0.577. The first-order valence-electron chi connectivity index (χ1n) is 6.20. The maximum atomic E-state index is 11.0. The highest BCUT2D eigenvalue weighted by Crippen LogP contribution is 2.23. The molecule has 0 unspecified atom stereocenters. The highest BCUT2D eigenvalue weighted by molar-refractivity contribution is 5.78. The average molecular weight is 252 g/mol. The minimum Gasteiger partial charge on any atom is -0.489 e. The summed E-state index contributed by atoms with van der Waals surface area (Å²) < 4.78 is 5.81. The summed E-state index contributed by atoms with van der Waals surface area (Å²) in [6.45, 7) is 4.21. The Kier molecular flexibility index (Phi) is 4.51. The van der Waals surface area contributed by atoms with Gasteiger partial charge in [-0.15, -0.1) is 6.58 Å². The van der Waals surface area contributed by atoms with Crippen molar-refractivity contribution in [2.75, 3.05) is 0 Å². The molecule has 0 spiro atoms. The van der Waals surface area contributed by atoms with Crippen molar-refractivity contribution in [3.05, 3.63) is 77.9 Å². The predicted molar refractivity (Wildman–Crippen MR) is 76.5 cm³/mol. The second-order valence-corrected chi connectivity index (χ2v) is 4.21. The summed E-state index contributed by atoms with van der Waals surface area (Å²) in [5.41, 5.74) is 2.65. The van der Waals surface area contributed by atoms with Crippen LogP contribution in [0.3, 0.4) is 0 Å². The Morgan fingerprint density at radius 3 is 2.53 bits per heavy atom. The molecule has 0 aromatic heterocycles. The molecule has 19 heavy (non-hydrogen) atoms. The van der Waals surface area contributed by atoms with Crippen LogP contribution in [0.2, 0.25) is 0 Å². The third-order valence-electron chi connectivity index (χ3n) is 2.88. The van der Waals surface area contributed by atoms with Crippen LogP contribution in [0.5, 0.6) is 5.75 Å². The van der Waals surface area contributed by atoms with Crippen LogP contribution in [0.1, 0.15) is 21.5 Å². The number of hydrogen-bond donors (Lipinski definition) is 0. The van der Waals surface area contributed by atoms with E-state index in [4.69, 9.17) is 4.74 Å². The number of rotatable bonds is 6. The molecular weight excluding hydrogens is 236 g/mol. The number of hydrogen-bond acceptors (Lipinski definition) is 2. The van der Waals surface area contributed by atoms with Crippen LogP contribution in [0.4, 0.5) is 0 Å². The minimum absolute atomic E-state index is 0.493. The predicted octanol–water partition coefficient (Wildman–Crippen LogP) is 3.81. The molecule has 0 radical (unpaired) electrons. The van der Waals surface area contributed by atoms with Crippen LogP contribution in [-0.4, -0.2) is 6.29 Å². The molecule has 2 aromatic carbocycles. The van der Waals surface area contributed by atoms with Crippen LogP contribution in [0, 0.1) is 0 Å². The lowest BCUT2D eigenvalue weighted by Gasteiger charge is -2.12. The Morgan fingerprint density at radius 1 is 1.05 bits per heavy atom. The minimum atomic E-state index is 0.493. The van der Waals surface area contributed by atoms with Gasteiger partial charge in [0, 0.05) is 11.1 Å². The molecule has 0 heterocycles. The highest BCUT2D eigenvalue weighted by atomic mass is 16.5. The van der Waals surface area contributed by atoms with Gasteiger partial charge < -0.3 is 4.74 Å². The lowest BCUT2D eigenvalue weighted by Crippen LogP contribution is -2.01. The number of carbonyl (C=O) groups is 1. The van der Waals surface area contributed by atoms with Crippen LogP contribution < -0.4 is 4.74 Å². The van der Waals surface area contributed by atoms with E-state index in [0.717, 1.165) is 23.2 Å². The van der Waals surface area contributed by atoms with Gasteiger partial charge in [-0.05, 0) is 18.1 Å². The number of benzene rings is 2. The van der Waals surface area contributed by atoms with Gasteiger partial charge in [0.2, 0.25) is 0 Å². The number of carbonyl (C=O) groups excluding carboxylic acids is 1. The number of ether oxygens (including phenoxy) is 1. The van der Waals surface area contributed by atoms with Gasteiger partial charge in [0.15, 0.2) is 0 Å². The summed E-state index contributed by atoms with van der Waals surface area (Å²) in [6.07, 6.45) is 3.25. The second kappa shape index (κ2) is 6.55. The molecular formula is C17H16O2. The van der Waals surface area contributed by atoms with E-state index in [-0.39, 0.29) is 0 Å². The van der Waals surface area contributed by atoms with E-state index in [0.29, 0.717) is 18.6 Å². The van der Waals surface area contributed by atoms with E-state index in [9.17, 15) is 4.79 Å². The van der Waals surface area contributed by atoms with Gasteiger partial charge in [0.05, 0.1) is 0 Å². The molecule has 0 saturated carbocycles. The maximum absolute atomic E-state index is 11.0. The highest BCUT2D eigenvalue weighted by Gasteiger charge is 2.07. The molecule has 2 aromatic rings. The van der Waals surface area contributed by atoms with Gasteiger partial charge in [-0.1, -0.05) is 48.5 Å². The Balaban J connectivity index is 2.19. The van der Waals surface area contributed by atoms with Crippen molar-refractivity contribution in [2.45, 2.75) is 13.0 Å². The summed E-state index contributed by atoms with van der Waals surface area (Å²) in [5.74, 6) is 0.744. The monoisotopic (exact) mass is 252 g/mol. The zero-order chi connectivity index (χ0) is 13.5. The molecule has 0 aliphatic carbocycles. The van der Waals surface area contributed by atoms with Crippen molar-refractivity contribution in [3.8, 4) is 5.75 Å². The van der Waals surface area contributed by atoms with E-state index >= 15 is 0 Å². The van der Waals surface area contributed by atoms with E-state index < -0.39 is 0 Å². The molecule has 0 N–H and O–H groups in total. The zero-order valence-electron chi connectivity index (χ0n) is 10.7. The normalized spacial score (nSPS) is 9.89. The summed E-state index contributed by atoms with van der Waals surface area (Å²) >= 11 is 0. The smallest absolute Gasteiger partial charge is 0.150 e. The first kappa shape index (κ1) is 13.1. The summed E-state index contributed by atoms with van der Waals surface area (Å²) in [6, 6.07) is 15.5. The first-order valence-corrected chi connectivity index (χ1v) is 6.20. The Bertz CT molecular complexity index is 559. The maximum Gasteiger partial charge on any atom is 0.150 e. The van der Waals surface area contributed by atoms with Crippen molar-refractivity contribution < 1.29 is 9.53 Å². The molecule has 0 amide bonds. The Morgan fingerprint density at radius 2 is 1.84 bits per heavy atom. The molecule has 0 atom stereocenters. The fraction of sp³-hybridized carbons (Fsp3) is 0.118. The lowest BCUT2D eigenvalue weighted by atomic mass is 10.0. The fourth-order valence-corrected chi connectivity index (χ4v) is 1.93. The SMILES string of the molecule is C=CCc1c(C=O)cccc1OCc1ccccc1. The summed E-state index contributed by atoms with van der Waals surface area (Å²) in [7, 11) is 0. The van der Waals surface area contributed by atoms with Gasteiger partial charge in [-0.2, -0.15) is 0 Å². The van der Waals surface area contributed by atoms with E-state index in [1.54, 1.807) is 12.1 Å². The largest absolute Gasteiger partial charge is 0.489 e. The van der Waals surface area contributed by atoms with E-state index in [1.165, 1.54) is 0 Å². The molecule has 2 nitrogen and oxygen atoms in total. The first-order chi connectivity index (χ1) is 9.35. The van der Waals surface area contributed by atoms with Crippen molar-refractivity contribution >= 4 is 6.29 Å². The van der Waals surface area contributed by atoms with Crippen molar-refractivity contribution in [3.63, 3.8) is 0 Å². The molecule has 0 aliphatic rings. The van der Waals surface area contributed by atoms with Crippen LogP contribution in [0.25, 0.3) is 0 Å². The molecule has 0 saturated heterocycles. The molecule has 96 valence electrons. The lowest BCUT2D eigenvalue weighted by molar-refractivity contribution is 0.112. The van der Waals surface area contributed by atoms with Crippen molar-refractivity contribution in [2.24, 2.45) is 0 Å². The fourth-order valence-electron chi connectivity index (χ4n) is 1.93. The third-order valence-corrected chi connectivity index (χ3v) is 2.88. The Labute approximate surface area is 113 Å². The van der Waals surface area contributed by atoms with Crippen LogP contribution in [-0.2, 0) is 13.0 Å². The third kappa shape index (κ3) is 3.32. The molecule has 0 bridgehead atoms. The van der Waals surface area contributed by atoms with Gasteiger partial charge in [0.25, 0.3) is 0 Å². The average Bonchev–Trinajstić information content (AvgIpc) is 2.47. The van der Waals surface area contributed by atoms with Crippen LogP contribution >= 0.6 is 0 Å². The molecule has 2 rings (SSSR count). The number of aldehydes is 1. The van der Waals surface area contributed by atoms with E-state index in [1.807, 2.05) is 42.5 Å². The summed E-state index contributed by atoms with van der Waals surface area (Å²) in [4.78, 5) is 11.0. The van der Waals surface area contributed by atoms with Gasteiger partial charge in [-0.3, -0.25) is 4.79 Å². The molecule has 2 heteroatoms. The number of allylic oxidation sites excluding steroid dienone is 1. The van der Waals surface area contributed by atoms with Crippen molar-refractivity contribution in [1.82, 2.24) is 0 Å². The standard InChI is InChI=1S/C17H16O2/c1-2-7-16-15(12-18)10-6-11-17(16)19-13-14-8-4-3-5-9-14/h2-6,8-12H,1,7,13H2. The van der Waals surface area contributed by atoms with Crippen molar-refractivity contribution in [1.29, 1.82) is 0 Å². The Hall–Kier alpha value is -2.35. The van der Waals surface area contributed by atoms with E-state index in [2.05, 4.69) is 6.58 Å². The molecule has 0 aliphatic heterocycles. The van der Waals surface area contributed by atoms with Gasteiger partial charge >= 0.3 is 0 Å². The second-order valence-electron chi connectivity index (χ2n) is 4.21. The van der Waals surface area contributed by atoms with Gasteiger partial charge in [0.1, 0.15) is 18.6 Å².